The highest BCUT2D eigenvalue weighted by molar-refractivity contribution is 6.05. The van der Waals surface area contributed by atoms with Gasteiger partial charge in [0.1, 0.15) is 11.5 Å². The van der Waals surface area contributed by atoms with Crippen LogP contribution in [-0.2, 0) is 19.1 Å². The molecule has 7 nitrogen and oxygen atoms in total. The molecule has 1 amide bonds. The average molecular weight is 360 g/mol. The second kappa shape index (κ2) is 8.11. The summed E-state index contributed by atoms with van der Waals surface area (Å²) in [6.07, 6.45) is 5.74. The Morgan fingerprint density at radius 1 is 1.08 bits per heavy atom. The largest absolute Gasteiger partial charge is 0.465 e. The molecule has 2 rings (SSSR count). The summed E-state index contributed by atoms with van der Waals surface area (Å²) >= 11 is 0. The number of methoxy groups -OCH3 is 2. The van der Waals surface area contributed by atoms with Gasteiger partial charge in [0.15, 0.2) is 0 Å². The van der Waals surface area contributed by atoms with Gasteiger partial charge in [-0.2, -0.15) is 0 Å². The maximum atomic E-state index is 14.5. The number of carbonyl (C=O) groups is 3. The van der Waals surface area contributed by atoms with E-state index in [1.54, 1.807) is 0 Å². The van der Waals surface area contributed by atoms with Gasteiger partial charge in [0.05, 0.1) is 25.5 Å². The summed E-state index contributed by atoms with van der Waals surface area (Å²) in [6, 6.07) is 3.67. The second-order valence-corrected chi connectivity index (χ2v) is 5.06. The van der Waals surface area contributed by atoms with Gasteiger partial charge >= 0.3 is 11.9 Å². The van der Waals surface area contributed by atoms with Crippen LogP contribution in [0.5, 0.6) is 0 Å². The molecule has 0 saturated heterocycles. The maximum absolute atomic E-state index is 14.5. The summed E-state index contributed by atoms with van der Waals surface area (Å²) in [5.74, 6) is -2.79. The van der Waals surface area contributed by atoms with Gasteiger partial charge in [-0.3, -0.25) is 4.79 Å². The predicted octanol–water partition coefficient (Wildman–Crippen LogP) is 1.68. The van der Waals surface area contributed by atoms with Crippen LogP contribution in [0.4, 0.5) is 10.1 Å². The van der Waals surface area contributed by atoms with Crippen LogP contribution in [-0.4, -0.2) is 39.1 Å². The molecule has 0 saturated carbocycles. The fraction of sp³-hybridized carbons (Fsp3) is 0.167. The molecule has 136 valence electrons. The Kier molecular flexibility index (Phi) is 5.90. The molecule has 0 aliphatic carbocycles. The zero-order chi connectivity index (χ0) is 19.3. The summed E-state index contributed by atoms with van der Waals surface area (Å²) in [6.45, 7) is 0. The zero-order valence-electron chi connectivity index (χ0n) is 14.4. The lowest BCUT2D eigenvalue weighted by atomic mass is 10.1. The zero-order valence-corrected chi connectivity index (χ0v) is 14.4. The summed E-state index contributed by atoms with van der Waals surface area (Å²) in [5.41, 5.74) is -0.280. The van der Waals surface area contributed by atoms with Crippen LogP contribution in [0, 0.1) is 5.82 Å². The number of nitrogens with zero attached hydrogens (tertiary/aromatic N) is 1. The molecule has 0 radical (unpaired) electrons. The van der Waals surface area contributed by atoms with Crippen LogP contribution in [0.25, 0.3) is 0 Å². The quantitative estimate of drug-likeness (QED) is 0.823. The first-order valence-corrected chi connectivity index (χ1v) is 7.51. The van der Waals surface area contributed by atoms with Crippen LogP contribution in [0.2, 0.25) is 0 Å². The standard InChI is InChI=1S/C18H17FN2O5/c1-20-16(22)11-7-8-13(19)14(10-11)21-9-5-4-6-12(17(23)25-2)15(21)18(24)26-3/h4-10H,1-3H3,(H,20,22). The van der Waals surface area contributed by atoms with Crippen molar-refractivity contribution in [3.05, 3.63) is 65.3 Å². The van der Waals surface area contributed by atoms with Crippen molar-refractivity contribution in [2.75, 3.05) is 26.2 Å². The van der Waals surface area contributed by atoms with Gasteiger partial charge in [-0.1, -0.05) is 6.08 Å². The van der Waals surface area contributed by atoms with E-state index in [1.165, 1.54) is 43.6 Å². The monoisotopic (exact) mass is 360 g/mol. The van der Waals surface area contributed by atoms with Crippen molar-refractivity contribution in [2.45, 2.75) is 0 Å². The van der Waals surface area contributed by atoms with Crippen molar-refractivity contribution >= 4 is 23.5 Å². The number of anilines is 1. The molecular formula is C18H17FN2O5. The Balaban J connectivity index is 2.71. The van der Waals surface area contributed by atoms with Gasteiger partial charge in [-0.25, -0.2) is 14.0 Å². The molecular weight excluding hydrogens is 343 g/mol. The van der Waals surface area contributed by atoms with E-state index in [4.69, 9.17) is 9.47 Å². The fourth-order valence-corrected chi connectivity index (χ4v) is 2.33. The molecule has 1 aliphatic rings. The number of allylic oxidation sites excluding steroid dienone is 2. The topological polar surface area (TPSA) is 84.9 Å². The molecule has 0 atom stereocenters. The van der Waals surface area contributed by atoms with Crippen LogP contribution in [0.3, 0.4) is 0 Å². The van der Waals surface area contributed by atoms with E-state index < -0.39 is 23.7 Å². The number of benzene rings is 1. The lowest BCUT2D eigenvalue weighted by Gasteiger charge is -2.23. The third-order valence-corrected chi connectivity index (χ3v) is 3.58. The molecule has 0 unspecified atom stereocenters. The number of hydrogen-bond acceptors (Lipinski definition) is 6. The van der Waals surface area contributed by atoms with Crippen molar-refractivity contribution in [1.82, 2.24) is 5.32 Å². The highest BCUT2D eigenvalue weighted by Crippen LogP contribution is 2.29. The van der Waals surface area contributed by atoms with Gasteiger partial charge < -0.3 is 19.7 Å². The molecule has 26 heavy (non-hydrogen) atoms. The van der Waals surface area contributed by atoms with Crippen LogP contribution in [0.15, 0.2) is 53.9 Å². The number of amides is 1. The lowest BCUT2D eigenvalue weighted by Crippen LogP contribution is -2.28. The summed E-state index contributed by atoms with van der Waals surface area (Å²) < 4.78 is 23.9. The van der Waals surface area contributed by atoms with Crippen molar-refractivity contribution < 1.29 is 28.2 Å². The van der Waals surface area contributed by atoms with Crippen LogP contribution < -0.4 is 10.2 Å². The SMILES string of the molecule is CNC(=O)c1ccc(F)c(N2C=CC=CC(C(=O)OC)=C2C(=O)OC)c1. The Bertz CT molecular complexity index is 842. The van der Waals surface area contributed by atoms with E-state index >= 15 is 0 Å². The molecule has 1 aromatic rings. The minimum absolute atomic E-state index is 0.104. The maximum Gasteiger partial charge on any atom is 0.355 e. The van der Waals surface area contributed by atoms with Gasteiger partial charge in [0.25, 0.3) is 5.91 Å². The van der Waals surface area contributed by atoms with Crippen molar-refractivity contribution in [3.63, 3.8) is 0 Å². The number of ether oxygens (including phenoxy) is 2. The summed E-state index contributed by atoms with van der Waals surface area (Å²) in [5, 5.41) is 2.44. The minimum atomic E-state index is -0.869. The minimum Gasteiger partial charge on any atom is -0.465 e. The molecule has 0 aromatic heterocycles. The first-order chi connectivity index (χ1) is 12.4. The van der Waals surface area contributed by atoms with E-state index in [9.17, 15) is 18.8 Å². The third-order valence-electron chi connectivity index (χ3n) is 3.58. The van der Waals surface area contributed by atoms with Gasteiger partial charge in [0.2, 0.25) is 0 Å². The summed E-state index contributed by atoms with van der Waals surface area (Å²) in [4.78, 5) is 37.4. The Morgan fingerprint density at radius 2 is 1.77 bits per heavy atom. The van der Waals surface area contributed by atoms with Gasteiger partial charge in [-0.05, 0) is 30.4 Å². The molecule has 1 aromatic carbocycles. The van der Waals surface area contributed by atoms with Crippen molar-refractivity contribution in [2.24, 2.45) is 0 Å². The highest BCUT2D eigenvalue weighted by atomic mass is 19.1. The number of rotatable bonds is 4. The van der Waals surface area contributed by atoms with E-state index in [0.717, 1.165) is 25.2 Å². The van der Waals surface area contributed by atoms with Crippen LogP contribution >= 0.6 is 0 Å². The van der Waals surface area contributed by atoms with Crippen molar-refractivity contribution in [1.29, 1.82) is 0 Å². The molecule has 8 heteroatoms. The first-order valence-electron chi connectivity index (χ1n) is 7.51. The van der Waals surface area contributed by atoms with Gasteiger partial charge in [0, 0.05) is 18.8 Å². The third kappa shape index (κ3) is 3.64. The van der Waals surface area contributed by atoms with Gasteiger partial charge in [-0.15, -0.1) is 0 Å². The predicted molar refractivity (Wildman–Crippen MR) is 91.6 cm³/mol. The number of nitrogens with one attached hydrogen (secondary N) is 1. The van der Waals surface area contributed by atoms with E-state index in [2.05, 4.69) is 5.32 Å². The smallest absolute Gasteiger partial charge is 0.355 e. The molecule has 0 spiro atoms. The first kappa shape index (κ1) is 18.9. The number of esters is 2. The highest BCUT2D eigenvalue weighted by Gasteiger charge is 2.29. The Hall–Kier alpha value is -3.42. The molecule has 1 N–H and O–H groups in total. The number of hydrogen-bond donors (Lipinski definition) is 1. The Morgan fingerprint density at radius 3 is 2.38 bits per heavy atom. The van der Waals surface area contributed by atoms with E-state index in [1.807, 2.05) is 0 Å². The molecule has 0 bridgehead atoms. The molecule has 1 heterocycles. The van der Waals surface area contributed by atoms with Crippen molar-refractivity contribution in [3.8, 4) is 0 Å². The lowest BCUT2D eigenvalue weighted by molar-refractivity contribution is -0.139. The van der Waals surface area contributed by atoms with E-state index in [0.29, 0.717) is 0 Å². The average Bonchev–Trinajstić information content (AvgIpc) is 2.89. The van der Waals surface area contributed by atoms with E-state index in [-0.39, 0.29) is 22.5 Å². The Labute approximate surface area is 149 Å². The second-order valence-electron chi connectivity index (χ2n) is 5.06. The fourth-order valence-electron chi connectivity index (χ4n) is 2.33. The van der Waals surface area contributed by atoms with Crippen LogP contribution in [0.1, 0.15) is 10.4 Å². The molecule has 1 aliphatic heterocycles. The summed E-state index contributed by atoms with van der Waals surface area (Å²) in [7, 11) is 3.74. The molecule has 0 fully saturated rings. The number of halogens is 1. The normalized spacial score (nSPS) is 13.3. The number of carbonyl (C=O) groups excluding carboxylic acids is 3.